The van der Waals surface area contributed by atoms with E-state index in [1.807, 2.05) is 18.2 Å². The van der Waals surface area contributed by atoms with E-state index in [-0.39, 0.29) is 11.9 Å². The zero-order valence-corrected chi connectivity index (χ0v) is 15.2. The number of anilines is 1. The smallest absolute Gasteiger partial charge is 0.298 e. The summed E-state index contributed by atoms with van der Waals surface area (Å²) in [6.45, 7) is 3.21. The number of nitrogens with zero attached hydrogens (tertiary/aromatic N) is 3. The summed E-state index contributed by atoms with van der Waals surface area (Å²) in [5.41, 5.74) is 2.33. The van der Waals surface area contributed by atoms with E-state index in [2.05, 4.69) is 40.3 Å². The highest BCUT2D eigenvalue weighted by Gasteiger charge is 2.29. The minimum atomic E-state index is -0.274. The molecule has 1 amide bonds. The lowest BCUT2D eigenvalue weighted by Crippen LogP contribution is -2.23. The Hall–Kier alpha value is -2.91. The molecule has 0 saturated carbocycles. The maximum atomic E-state index is 11.9. The Labute approximate surface area is 156 Å². The first-order chi connectivity index (χ1) is 12.7. The molecule has 1 aromatic carbocycles. The van der Waals surface area contributed by atoms with Crippen molar-refractivity contribution in [2.45, 2.75) is 32.5 Å². The van der Waals surface area contributed by atoms with E-state index >= 15 is 0 Å². The van der Waals surface area contributed by atoms with Crippen LogP contribution in [-0.2, 0) is 17.9 Å². The van der Waals surface area contributed by atoms with Gasteiger partial charge in [-0.05, 0) is 17.9 Å². The predicted molar refractivity (Wildman–Crippen MR) is 104 cm³/mol. The Morgan fingerprint density at radius 2 is 2.15 bits per heavy atom. The van der Waals surface area contributed by atoms with Crippen LogP contribution in [0.1, 0.15) is 35.4 Å². The van der Waals surface area contributed by atoms with E-state index in [0.717, 1.165) is 32.9 Å². The van der Waals surface area contributed by atoms with Crippen molar-refractivity contribution in [3.8, 4) is 12.3 Å². The van der Waals surface area contributed by atoms with Gasteiger partial charge in [0, 0.05) is 17.0 Å². The molecule has 3 heterocycles. The van der Waals surface area contributed by atoms with Crippen LogP contribution < -0.4 is 5.32 Å². The van der Waals surface area contributed by atoms with Crippen molar-refractivity contribution in [2.75, 3.05) is 5.32 Å². The molecule has 6 heteroatoms. The number of nitrogens with one attached hydrogen (secondary N) is 1. The highest BCUT2D eigenvalue weighted by molar-refractivity contribution is 7.19. The van der Waals surface area contributed by atoms with Gasteiger partial charge in [0.15, 0.2) is 0 Å². The number of amides is 1. The molecule has 1 aliphatic rings. The summed E-state index contributed by atoms with van der Waals surface area (Å²) in [7, 11) is 0. The quantitative estimate of drug-likeness (QED) is 0.719. The monoisotopic (exact) mass is 362 g/mol. The van der Waals surface area contributed by atoms with Gasteiger partial charge in [0.1, 0.15) is 17.0 Å². The van der Waals surface area contributed by atoms with Gasteiger partial charge in [0.05, 0.1) is 18.0 Å². The zero-order chi connectivity index (χ0) is 18.1. The Morgan fingerprint density at radius 1 is 1.35 bits per heavy atom. The third kappa shape index (κ3) is 2.80. The van der Waals surface area contributed by atoms with Crippen LogP contribution in [0.4, 0.5) is 5.82 Å². The molecule has 1 aliphatic heterocycles. The first-order valence-electron chi connectivity index (χ1n) is 8.53. The normalized spacial score (nSPS) is 14.1. The maximum Gasteiger partial charge on any atom is 0.298 e. The van der Waals surface area contributed by atoms with Gasteiger partial charge in [-0.15, -0.1) is 17.8 Å². The average molecular weight is 362 g/mol. The van der Waals surface area contributed by atoms with Gasteiger partial charge in [-0.1, -0.05) is 37.3 Å². The molecule has 0 bridgehead atoms. The second-order valence-electron chi connectivity index (χ2n) is 6.23. The molecular formula is C20H18N4OS. The standard InChI is InChI=1S/C20H18N4OS/c1-3-15(13-8-6-5-7-9-13)23-19-18-14-10-24(17(25)4-2)11-16(14)26-20(18)22-12-21-19/h2,5-9,12,15H,3,10-11H2,1H3,(H,21,22,23). The molecule has 26 heavy (non-hydrogen) atoms. The summed E-state index contributed by atoms with van der Waals surface area (Å²) in [6.07, 6.45) is 7.80. The first kappa shape index (κ1) is 16.6. The van der Waals surface area contributed by atoms with Crippen molar-refractivity contribution in [2.24, 2.45) is 0 Å². The number of hydrogen-bond donors (Lipinski definition) is 1. The molecule has 1 atom stereocenters. The molecule has 130 valence electrons. The molecule has 3 aromatic rings. The molecule has 1 unspecified atom stereocenters. The van der Waals surface area contributed by atoms with Gasteiger partial charge < -0.3 is 10.2 Å². The molecule has 0 spiro atoms. The molecule has 4 rings (SSSR count). The minimum absolute atomic E-state index is 0.162. The molecule has 0 radical (unpaired) electrons. The second-order valence-corrected chi connectivity index (χ2v) is 7.31. The van der Waals surface area contributed by atoms with Crippen LogP contribution >= 0.6 is 11.3 Å². The SMILES string of the molecule is C#CC(=O)N1Cc2sc3ncnc(NC(CC)c4ccccc4)c3c2C1. The van der Waals surface area contributed by atoms with Crippen LogP contribution in [0, 0.1) is 12.3 Å². The van der Waals surface area contributed by atoms with Crippen molar-refractivity contribution in [1.29, 1.82) is 0 Å². The van der Waals surface area contributed by atoms with E-state index in [1.54, 1.807) is 22.6 Å². The number of carbonyl (C=O) groups is 1. The number of rotatable bonds is 4. The van der Waals surface area contributed by atoms with Crippen LogP contribution in [0.15, 0.2) is 36.7 Å². The van der Waals surface area contributed by atoms with Crippen LogP contribution in [0.5, 0.6) is 0 Å². The van der Waals surface area contributed by atoms with Gasteiger partial charge in [-0.25, -0.2) is 9.97 Å². The number of terminal acetylenes is 1. The first-order valence-corrected chi connectivity index (χ1v) is 9.35. The van der Waals surface area contributed by atoms with E-state index in [9.17, 15) is 4.79 Å². The molecule has 5 nitrogen and oxygen atoms in total. The van der Waals surface area contributed by atoms with Gasteiger partial charge in [-0.2, -0.15) is 0 Å². The summed E-state index contributed by atoms with van der Waals surface area (Å²) in [5.74, 6) is 2.75. The van der Waals surface area contributed by atoms with Gasteiger partial charge in [0.25, 0.3) is 5.91 Å². The van der Waals surface area contributed by atoms with Crippen LogP contribution in [-0.4, -0.2) is 20.8 Å². The largest absolute Gasteiger partial charge is 0.363 e. The van der Waals surface area contributed by atoms with Crippen molar-refractivity contribution in [3.63, 3.8) is 0 Å². The zero-order valence-electron chi connectivity index (χ0n) is 14.4. The Kier molecular flexibility index (Phi) is 4.31. The van der Waals surface area contributed by atoms with Crippen molar-refractivity contribution in [3.05, 3.63) is 52.7 Å². The van der Waals surface area contributed by atoms with Crippen molar-refractivity contribution < 1.29 is 4.79 Å². The summed E-state index contributed by atoms with van der Waals surface area (Å²) in [6, 6.07) is 10.5. The number of benzene rings is 1. The second kappa shape index (κ2) is 6.77. The summed E-state index contributed by atoms with van der Waals surface area (Å²) >= 11 is 1.61. The third-order valence-electron chi connectivity index (χ3n) is 4.69. The average Bonchev–Trinajstić information content (AvgIpc) is 3.24. The van der Waals surface area contributed by atoms with Gasteiger partial charge >= 0.3 is 0 Å². The van der Waals surface area contributed by atoms with Gasteiger partial charge in [-0.3, -0.25) is 4.79 Å². The Balaban J connectivity index is 1.71. The number of fused-ring (bicyclic) bond motifs is 3. The highest BCUT2D eigenvalue weighted by Crippen LogP contribution is 2.40. The molecule has 2 aromatic heterocycles. The number of thiophene rings is 1. The Bertz CT molecular complexity index is 1010. The summed E-state index contributed by atoms with van der Waals surface area (Å²) in [5, 5.41) is 4.58. The highest BCUT2D eigenvalue weighted by atomic mass is 32.1. The van der Waals surface area contributed by atoms with E-state index in [4.69, 9.17) is 6.42 Å². The maximum absolute atomic E-state index is 11.9. The number of aromatic nitrogens is 2. The lowest BCUT2D eigenvalue weighted by molar-refractivity contribution is -0.125. The molecule has 0 fully saturated rings. The summed E-state index contributed by atoms with van der Waals surface area (Å²) in [4.78, 5) is 24.6. The molecule has 0 saturated heterocycles. The van der Waals surface area contributed by atoms with E-state index in [0.29, 0.717) is 13.1 Å². The van der Waals surface area contributed by atoms with Gasteiger partial charge in [0.2, 0.25) is 0 Å². The minimum Gasteiger partial charge on any atom is -0.363 e. The lowest BCUT2D eigenvalue weighted by Gasteiger charge is -2.19. The predicted octanol–water partition coefficient (Wildman–Crippen LogP) is 3.73. The Morgan fingerprint density at radius 3 is 2.88 bits per heavy atom. The van der Waals surface area contributed by atoms with Crippen LogP contribution in [0.2, 0.25) is 0 Å². The molecule has 1 N–H and O–H groups in total. The van der Waals surface area contributed by atoms with Crippen LogP contribution in [0.3, 0.4) is 0 Å². The topological polar surface area (TPSA) is 58.1 Å². The van der Waals surface area contributed by atoms with Crippen molar-refractivity contribution in [1.82, 2.24) is 14.9 Å². The van der Waals surface area contributed by atoms with E-state index < -0.39 is 0 Å². The van der Waals surface area contributed by atoms with Crippen molar-refractivity contribution >= 4 is 33.3 Å². The third-order valence-corrected chi connectivity index (χ3v) is 5.81. The lowest BCUT2D eigenvalue weighted by atomic mass is 10.0. The number of carbonyl (C=O) groups excluding carboxylic acids is 1. The van der Waals surface area contributed by atoms with Crippen LogP contribution in [0.25, 0.3) is 10.2 Å². The fraction of sp³-hybridized carbons (Fsp3) is 0.250. The fourth-order valence-electron chi connectivity index (χ4n) is 3.37. The number of hydrogen-bond acceptors (Lipinski definition) is 5. The van der Waals surface area contributed by atoms with E-state index in [1.165, 1.54) is 5.56 Å². The molecule has 0 aliphatic carbocycles. The molecular weight excluding hydrogens is 344 g/mol. The summed E-state index contributed by atoms with van der Waals surface area (Å²) < 4.78 is 0. The fourth-order valence-corrected chi connectivity index (χ4v) is 4.53.